The van der Waals surface area contributed by atoms with Gasteiger partial charge in [-0.3, -0.25) is 9.36 Å². The number of amides is 1. The summed E-state index contributed by atoms with van der Waals surface area (Å²) in [5, 5.41) is 15.1. The van der Waals surface area contributed by atoms with Crippen LogP contribution >= 0.6 is 0 Å². The molecule has 0 saturated heterocycles. The van der Waals surface area contributed by atoms with Gasteiger partial charge < -0.3 is 25.0 Å². The quantitative estimate of drug-likeness (QED) is 0.522. The van der Waals surface area contributed by atoms with Crippen molar-refractivity contribution in [2.75, 3.05) is 30.5 Å². The van der Waals surface area contributed by atoms with E-state index in [-0.39, 0.29) is 24.0 Å². The monoisotopic (exact) mass is 520 g/mol. The Morgan fingerprint density at radius 2 is 1.97 bits per heavy atom. The van der Waals surface area contributed by atoms with Crippen molar-refractivity contribution in [1.29, 1.82) is 0 Å². The van der Waals surface area contributed by atoms with Crippen LogP contribution in [0.3, 0.4) is 0 Å². The minimum absolute atomic E-state index is 0.0248. The lowest BCUT2D eigenvalue weighted by molar-refractivity contribution is 0.0899. The zero-order valence-corrected chi connectivity index (χ0v) is 22.5. The Bertz CT molecular complexity index is 1280. The second-order valence-electron chi connectivity index (χ2n) is 9.66. The number of carbonyl (C=O) groups is 1. The van der Waals surface area contributed by atoms with Gasteiger partial charge >= 0.3 is 0 Å². The molecule has 1 unspecified atom stereocenters. The fourth-order valence-corrected chi connectivity index (χ4v) is 5.31. The van der Waals surface area contributed by atoms with Gasteiger partial charge in [0.1, 0.15) is 17.8 Å². The number of hydrogen-bond donors (Lipinski definition) is 2. The van der Waals surface area contributed by atoms with Gasteiger partial charge in [0.05, 0.1) is 25.0 Å². The molecule has 0 saturated carbocycles. The molecule has 5 heterocycles. The van der Waals surface area contributed by atoms with E-state index in [1.165, 1.54) is 0 Å². The third kappa shape index (κ3) is 4.90. The first-order valence-corrected chi connectivity index (χ1v) is 13.5. The third-order valence-corrected chi connectivity index (χ3v) is 7.46. The minimum atomic E-state index is -0.134. The fraction of sp³-hybridized carbons (Fsp3) is 0.519. The molecule has 3 aliphatic rings. The van der Waals surface area contributed by atoms with Crippen LogP contribution in [0.4, 0.5) is 17.5 Å². The van der Waals surface area contributed by atoms with E-state index in [1.54, 1.807) is 31.8 Å². The molecule has 4 bridgehead atoms. The molecule has 11 heteroatoms. The van der Waals surface area contributed by atoms with Crippen LogP contribution < -0.4 is 20.3 Å². The topological polar surface area (TPSA) is 119 Å². The van der Waals surface area contributed by atoms with Crippen molar-refractivity contribution in [3.8, 4) is 11.4 Å². The SMILES string of the molecule is CCC1CCOCC[C@H](CC)NC(=O)c2ccc(c(OC)c2)Nc2ncc3c(n2)N1[C@H](CC)c1nncn1-3. The normalized spacial score (nSPS) is 21.6. The molecule has 3 aliphatic heterocycles. The van der Waals surface area contributed by atoms with Crippen molar-refractivity contribution in [2.45, 2.75) is 71.0 Å². The molecule has 202 valence electrons. The van der Waals surface area contributed by atoms with Gasteiger partial charge in [-0.1, -0.05) is 20.8 Å². The number of hydrogen-bond acceptors (Lipinski definition) is 9. The number of anilines is 3. The standard InChI is InChI=1S/C27H36N8O3/c1-5-18-10-12-38-13-11-19(6-2)35-21(7-3)25-33-29-16-34(25)22-15-28-27(32-24(22)35)31-20-9-8-17(26(36)30-18)14-23(20)37-4/h8-9,14-16,18-19,21H,5-7,10-13H2,1-4H3,(H,30,36)(H,28,31,32)/t18-,19?,21+/m0/s1. The maximum absolute atomic E-state index is 13.0. The molecule has 3 aromatic rings. The van der Waals surface area contributed by atoms with Gasteiger partial charge in [-0.25, -0.2) is 4.98 Å². The molecule has 2 aromatic heterocycles. The predicted octanol–water partition coefficient (Wildman–Crippen LogP) is 4.18. The van der Waals surface area contributed by atoms with Crippen LogP contribution in [0.2, 0.25) is 0 Å². The van der Waals surface area contributed by atoms with E-state index in [0.717, 1.165) is 49.4 Å². The summed E-state index contributed by atoms with van der Waals surface area (Å²) in [7, 11) is 1.58. The van der Waals surface area contributed by atoms with Crippen molar-refractivity contribution < 1.29 is 14.3 Å². The number of ether oxygens (including phenoxy) is 2. The van der Waals surface area contributed by atoms with E-state index in [4.69, 9.17) is 14.5 Å². The van der Waals surface area contributed by atoms with Crippen LogP contribution in [-0.2, 0) is 4.74 Å². The molecule has 2 N–H and O–H groups in total. The maximum atomic E-state index is 13.0. The first kappa shape index (κ1) is 25.9. The summed E-state index contributed by atoms with van der Waals surface area (Å²) < 4.78 is 13.7. The molecule has 1 amide bonds. The second-order valence-corrected chi connectivity index (χ2v) is 9.66. The first-order valence-electron chi connectivity index (χ1n) is 13.5. The molecule has 0 spiro atoms. The van der Waals surface area contributed by atoms with E-state index in [2.05, 4.69) is 51.5 Å². The number of rotatable bonds is 4. The Balaban J connectivity index is 1.59. The van der Waals surface area contributed by atoms with Gasteiger partial charge in [-0.15, -0.1) is 10.2 Å². The zero-order valence-electron chi connectivity index (χ0n) is 22.5. The van der Waals surface area contributed by atoms with Crippen molar-refractivity contribution in [2.24, 2.45) is 0 Å². The first-order chi connectivity index (χ1) is 18.6. The molecule has 6 rings (SSSR count). The lowest BCUT2D eigenvalue weighted by Gasteiger charge is -2.42. The Labute approximate surface area is 223 Å². The molecular formula is C27H36N8O3. The highest BCUT2D eigenvalue weighted by Gasteiger charge is 2.37. The van der Waals surface area contributed by atoms with Gasteiger partial charge in [-0.2, -0.15) is 4.98 Å². The summed E-state index contributed by atoms with van der Waals surface area (Å²) in [6.45, 7) is 7.62. The van der Waals surface area contributed by atoms with Crippen LogP contribution in [0.25, 0.3) is 5.69 Å². The largest absolute Gasteiger partial charge is 0.495 e. The van der Waals surface area contributed by atoms with Crippen LogP contribution in [0.15, 0.2) is 30.7 Å². The van der Waals surface area contributed by atoms with E-state index in [0.29, 0.717) is 36.2 Å². The summed E-state index contributed by atoms with van der Waals surface area (Å²) in [5.74, 6) is 2.56. The lowest BCUT2D eigenvalue weighted by atomic mass is 10.0. The van der Waals surface area contributed by atoms with Gasteiger partial charge in [0.25, 0.3) is 5.91 Å². The fourth-order valence-electron chi connectivity index (χ4n) is 5.31. The molecular weight excluding hydrogens is 484 g/mol. The van der Waals surface area contributed by atoms with Crippen LogP contribution in [0, 0.1) is 0 Å². The number of carbonyl (C=O) groups excluding carboxylic acids is 1. The average Bonchev–Trinajstić information content (AvgIpc) is 3.43. The average molecular weight is 521 g/mol. The summed E-state index contributed by atoms with van der Waals surface area (Å²) >= 11 is 0. The van der Waals surface area contributed by atoms with Gasteiger partial charge in [-0.05, 0) is 50.3 Å². The molecule has 11 nitrogen and oxygen atoms in total. The summed E-state index contributed by atoms with van der Waals surface area (Å²) in [5.41, 5.74) is 2.05. The Morgan fingerprint density at radius 3 is 2.74 bits per heavy atom. The van der Waals surface area contributed by atoms with E-state index >= 15 is 0 Å². The van der Waals surface area contributed by atoms with E-state index in [1.807, 2.05) is 10.6 Å². The highest BCUT2D eigenvalue weighted by atomic mass is 16.5. The number of aromatic nitrogens is 5. The van der Waals surface area contributed by atoms with Crippen LogP contribution in [-0.4, -0.2) is 63.0 Å². The van der Waals surface area contributed by atoms with E-state index < -0.39 is 0 Å². The molecule has 1 aromatic carbocycles. The maximum Gasteiger partial charge on any atom is 0.251 e. The number of fused-ring (bicyclic) bond motifs is 12. The Morgan fingerprint density at radius 1 is 1.13 bits per heavy atom. The molecule has 38 heavy (non-hydrogen) atoms. The molecule has 0 radical (unpaired) electrons. The second kappa shape index (κ2) is 11.3. The van der Waals surface area contributed by atoms with Gasteiger partial charge in [0.2, 0.25) is 5.95 Å². The number of nitrogens with one attached hydrogen (secondary N) is 2. The minimum Gasteiger partial charge on any atom is -0.495 e. The van der Waals surface area contributed by atoms with Crippen molar-refractivity contribution in [3.05, 3.63) is 42.1 Å². The van der Waals surface area contributed by atoms with Crippen LogP contribution in [0.1, 0.15) is 75.1 Å². The molecule has 3 atom stereocenters. The van der Waals surface area contributed by atoms with Crippen LogP contribution in [0.5, 0.6) is 5.75 Å². The number of nitrogens with zero attached hydrogens (tertiary/aromatic N) is 6. The predicted molar refractivity (Wildman–Crippen MR) is 144 cm³/mol. The van der Waals surface area contributed by atoms with Gasteiger partial charge in [0, 0.05) is 30.9 Å². The smallest absolute Gasteiger partial charge is 0.251 e. The highest BCUT2D eigenvalue weighted by molar-refractivity contribution is 5.95. The Hall–Kier alpha value is -3.73. The third-order valence-electron chi connectivity index (χ3n) is 7.46. The number of methoxy groups -OCH3 is 1. The number of benzene rings is 1. The summed E-state index contributed by atoms with van der Waals surface area (Å²) in [6.07, 6.45) is 7.72. The van der Waals surface area contributed by atoms with Crippen molar-refractivity contribution in [1.82, 2.24) is 30.0 Å². The lowest BCUT2D eigenvalue weighted by Crippen LogP contribution is -2.43. The van der Waals surface area contributed by atoms with Crippen molar-refractivity contribution >= 4 is 23.4 Å². The molecule has 0 fully saturated rings. The Kier molecular flexibility index (Phi) is 7.73. The zero-order chi connectivity index (χ0) is 26.6. The highest BCUT2D eigenvalue weighted by Crippen LogP contribution is 2.41. The van der Waals surface area contributed by atoms with E-state index in [9.17, 15) is 4.79 Å². The summed E-state index contributed by atoms with van der Waals surface area (Å²) in [4.78, 5) is 24.9. The van der Waals surface area contributed by atoms with Crippen molar-refractivity contribution in [3.63, 3.8) is 0 Å². The summed E-state index contributed by atoms with van der Waals surface area (Å²) in [6, 6.07) is 5.57. The molecule has 0 aliphatic carbocycles. The van der Waals surface area contributed by atoms with Gasteiger partial charge in [0.15, 0.2) is 11.6 Å².